The second-order valence-electron chi connectivity index (χ2n) is 4.88. The Morgan fingerprint density at radius 1 is 1.37 bits per heavy atom. The third-order valence-electron chi connectivity index (χ3n) is 3.38. The topological polar surface area (TPSA) is 115 Å². The van der Waals surface area contributed by atoms with Crippen molar-refractivity contribution in [2.24, 2.45) is 10.9 Å². The smallest absolute Gasteiger partial charge is 0.240 e. The summed E-state index contributed by atoms with van der Waals surface area (Å²) in [6, 6.07) is 6.16. The van der Waals surface area contributed by atoms with Crippen LogP contribution in [-0.4, -0.2) is 19.9 Å². The summed E-state index contributed by atoms with van der Waals surface area (Å²) >= 11 is 0. The van der Waals surface area contributed by atoms with Crippen molar-refractivity contribution < 1.29 is 13.2 Å². The van der Waals surface area contributed by atoms with Gasteiger partial charge in [-0.25, -0.2) is 13.6 Å². The van der Waals surface area contributed by atoms with Gasteiger partial charge in [0.15, 0.2) is 0 Å². The molecular formula is C12H17N3O3S. The Morgan fingerprint density at radius 2 is 2.05 bits per heavy atom. The summed E-state index contributed by atoms with van der Waals surface area (Å²) in [4.78, 5) is 11.9. The van der Waals surface area contributed by atoms with Crippen LogP contribution in [0.5, 0.6) is 0 Å². The highest BCUT2D eigenvalue weighted by Gasteiger charge is 2.39. The van der Waals surface area contributed by atoms with Gasteiger partial charge in [0.1, 0.15) is 0 Å². The molecule has 104 valence electrons. The zero-order valence-corrected chi connectivity index (χ0v) is 11.2. The van der Waals surface area contributed by atoms with Crippen molar-refractivity contribution in [3.8, 4) is 0 Å². The van der Waals surface area contributed by atoms with Gasteiger partial charge in [-0.05, 0) is 37.0 Å². The highest BCUT2D eigenvalue weighted by molar-refractivity contribution is 7.89. The third kappa shape index (κ3) is 3.12. The van der Waals surface area contributed by atoms with Crippen molar-refractivity contribution >= 4 is 15.9 Å². The molecule has 1 aliphatic rings. The highest BCUT2D eigenvalue weighted by Crippen LogP contribution is 2.29. The van der Waals surface area contributed by atoms with Crippen LogP contribution >= 0.6 is 0 Å². The Bertz CT molecular complexity index is 594. The van der Waals surface area contributed by atoms with E-state index in [0.29, 0.717) is 18.4 Å². The zero-order chi connectivity index (χ0) is 14.1. The molecule has 0 unspecified atom stereocenters. The van der Waals surface area contributed by atoms with Gasteiger partial charge in [0.2, 0.25) is 15.9 Å². The zero-order valence-electron chi connectivity index (χ0n) is 10.4. The van der Waals surface area contributed by atoms with Crippen molar-refractivity contribution in [1.82, 2.24) is 5.32 Å². The molecule has 0 atom stereocenters. The van der Waals surface area contributed by atoms with Gasteiger partial charge in [0, 0.05) is 6.54 Å². The lowest BCUT2D eigenvalue weighted by Crippen LogP contribution is -2.58. The van der Waals surface area contributed by atoms with E-state index in [0.717, 1.165) is 6.42 Å². The second kappa shape index (κ2) is 4.92. The second-order valence-corrected chi connectivity index (χ2v) is 6.45. The van der Waals surface area contributed by atoms with E-state index in [1.54, 1.807) is 12.1 Å². The molecule has 0 saturated heterocycles. The monoisotopic (exact) mass is 283 g/mol. The van der Waals surface area contributed by atoms with Gasteiger partial charge in [-0.1, -0.05) is 12.1 Å². The molecule has 1 saturated carbocycles. The van der Waals surface area contributed by atoms with E-state index in [4.69, 9.17) is 10.9 Å². The van der Waals surface area contributed by atoms with E-state index >= 15 is 0 Å². The van der Waals surface area contributed by atoms with Crippen LogP contribution in [0.25, 0.3) is 0 Å². The van der Waals surface area contributed by atoms with Gasteiger partial charge in [-0.2, -0.15) is 0 Å². The van der Waals surface area contributed by atoms with Crippen molar-refractivity contribution in [2.45, 2.75) is 36.2 Å². The fourth-order valence-electron chi connectivity index (χ4n) is 1.98. The SMILES string of the molecule is NC1(C(=O)NCc2cccc(S(N)(=O)=O)c2)CCC1. The van der Waals surface area contributed by atoms with E-state index in [2.05, 4.69) is 5.32 Å². The molecule has 0 spiro atoms. The fraction of sp³-hybridized carbons (Fsp3) is 0.417. The fourth-order valence-corrected chi connectivity index (χ4v) is 2.56. The van der Waals surface area contributed by atoms with Crippen LogP contribution in [-0.2, 0) is 21.4 Å². The molecule has 0 bridgehead atoms. The Morgan fingerprint density at radius 3 is 2.58 bits per heavy atom. The van der Waals surface area contributed by atoms with Gasteiger partial charge in [-0.15, -0.1) is 0 Å². The molecular weight excluding hydrogens is 266 g/mol. The summed E-state index contributed by atoms with van der Waals surface area (Å²) in [5, 5.41) is 7.77. The highest BCUT2D eigenvalue weighted by atomic mass is 32.2. The quantitative estimate of drug-likeness (QED) is 0.711. The minimum atomic E-state index is -3.72. The van der Waals surface area contributed by atoms with Crippen LogP contribution in [0.3, 0.4) is 0 Å². The number of benzene rings is 1. The van der Waals surface area contributed by atoms with E-state index in [-0.39, 0.29) is 17.3 Å². The summed E-state index contributed by atoms with van der Waals surface area (Å²) in [6.07, 6.45) is 2.34. The summed E-state index contributed by atoms with van der Waals surface area (Å²) in [5.41, 5.74) is 5.80. The van der Waals surface area contributed by atoms with Gasteiger partial charge >= 0.3 is 0 Å². The lowest BCUT2D eigenvalue weighted by molar-refractivity contribution is -0.129. The first-order valence-corrected chi connectivity index (χ1v) is 7.55. The number of primary sulfonamides is 1. The maximum absolute atomic E-state index is 11.8. The number of hydrogen-bond donors (Lipinski definition) is 3. The number of amides is 1. The normalized spacial score (nSPS) is 17.6. The van der Waals surface area contributed by atoms with Gasteiger partial charge in [-0.3, -0.25) is 4.79 Å². The van der Waals surface area contributed by atoms with Crippen molar-refractivity contribution in [1.29, 1.82) is 0 Å². The summed E-state index contributed by atoms with van der Waals surface area (Å²) in [7, 11) is -3.72. The molecule has 1 aromatic carbocycles. The average molecular weight is 283 g/mol. The summed E-state index contributed by atoms with van der Waals surface area (Å²) in [5.74, 6) is -0.195. The van der Waals surface area contributed by atoms with E-state index < -0.39 is 15.6 Å². The van der Waals surface area contributed by atoms with Crippen LogP contribution in [0.15, 0.2) is 29.2 Å². The number of carbonyl (C=O) groups is 1. The Hall–Kier alpha value is -1.44. The molecule has 2 rings (SSSR count). The van der Waals surface area contributed by atoms with Crippen molar-refractivity contribution in [3.63, 3.8) is 0 Å². The number of rotatable bonds is 4. The molecule has 1 aliphatic carbocycles. The number of hydrogen-bond acceptors (Lipinski definition) is 4. The van der Waals surface area contributed by atoms with Crippen LogP contribution in [0.4, 0.5) is 0 Å². The molecule has 0 aromatic heterocycles. The molecule has 0 heterocycles. The molecule has 19 heavy (non-hydrogen) atoms. The standard InChI is InChI=1S/C12H17N3O3S/c13-12(5-2-6-12)11(16)15-8-9-3-1-4-10(7-9)19(14,17)18/h1,3-4,7H,2,5-6,8,13H2,(H,15,16)(H2,14,17,18). The van der Waals surface area contributed by atoms with E-state index in [1.165, 1.54) is 12.1 Å². The first-order chi connectivity index (χ1) is 8.81. The largest absolute Gasteiger partial charge is 0.350 e. The molecule has 0 aliphatic heterocycles. The Kier molecular flexibility index (Phi) is 3.62. The number of nitrogens with one attached hydrogen (secondary N) is 1. The van der Waals surface area contributed by atoms with Gasteiger partial charge in [0.05, 0.1) is 10.4 Å². The van der Waals surface area contributed by atoms with Crippen LogP contribution in [0.1, 0.15) is 24.8 Å². The van der Waals surface area contributed by atoms with Crippen LogP contribution in [0, 0.1) is 0 Å². The Balaban J connectivity index is 2.02. The lowest BCUT2D eigenvalue weighted by atomic mass is 9.77. The predicted molar refractivity (Wildman–Crippen MR) is 70.4 cm³/mol. The van der Waals surface area contributed by atoms with Crippen LogP contribution < -0.4 is 16.2 Å². The van der Waals surface area contributed by atoms with Crippen molar-refractivity contribution in [2.75, 3.05) is 0 Å². The number of carbonyl (C=O) groups excluding carboxylic acids is 1. The van der Waals surface area contributed by atoms with Crippen molar-refractivity contribution in [3.05, 3.63) is 29.8 Å². The first kappa shape index (κ1) is 14.0. The Labute approximate surface area is 112 Å². The van der Waals surface area contributed by atoms with E-state index in [1.807, 2.05) is 0 Å². The maximum Gasteiger partial charge on any atom is 0.240 e. The first-order valence-electron chi connectivity index (χ1n) is 6.00. The number of nitrogens with two attached hydrogens (primary N) is 2. The molecule has 0 radical (unpaired) electrons. The van der Waals surface area contributed by atoms with Gasteiger partial charge in [0.25, 0.3) is 0 Å². The summed E-state index contributed by atoms with van der Waals surface area (Å²) in [6.45, 7) is 0.237. The van der Waals surface area contributed by atoms with Crippen LogP contribution in [0.2, 0.25) is 0 Å². The molecule has 1 aromatic rings. The van der Waals surface area contributed by atoms with Gasteiger partial charge < -0.3 is 11.1 Å². The minimum Gasteiger partial charge on any atom is -0.350 e. The number of sulfonamides is 1. The third-order valence-corrected chi connectivity index (χ3v) is 4.29. The molecule has 1 fully saturated rings. The summed E-state index contributed by atoms with van der Waals surface area (Å²) < 4.78 is 22.4. The van der Waals surface area contributed by atoms with E-state index in [9.17, 15) is 13.2 Å². The molecule has 6 nitrogen and oxygen atoms in total. The molecule has 5 N–H and O–H groups in total. The average Bonchev–Trinajstić information content (AvgIpc) is 2.32. The lowest BCUT2D eigenvalue weighted by Gasteiger charge is -2.36. The minimum absolute atomic E-state index is 0.0327. The molecule has 7 heteroatoms. The maximum atomic E-state index is 11.8. The predicted octanol–water partition coefficient (Wildman–Crippen LogP) is -0.168. The molecule has 1 amide bonds.